The molecule has 2 bridgehead atoms. The van der Waals surface area contributed by atoms with Crippen molar-refractivity contribution in [1.82, 2.24) is 5.32 Å². The van der Waals surface area contributed by atoms with Gasteiger partial charge in [-0.2, -0.15) is 0 Å². The largest absolute Gasteiger partial charge is 0.497 e. The quantitative estimate of drug-likeness (QED) is 0.764. The van der Waals surface area contributed by atoms with Gasteiger partial charge in [-0.1, -0.05) is 25.5 Å². The summed E-state index contributed by atoms with van der Waals surface area (Å²) in [5.41, 5.74) is 1.94. The molecule has 2 aliphatic carbocycles. The summed E-state index contributed by atoms with van der Waals surface area (Å²) in [6.45, 7) is 4.60. The van der Waals surface area contributed by atoms with Gasteiger partial charge in [-0.15, -0.1) is 0 Å². The number of fused-ring (bicyclic) bond motifs is 2. The first-order valence-corrected chi connectivity index (χ1v) is 8.59. The Hall–Kier alpha value is -1.02. The molecule has 0 aliphatic heterocycles. The van der Waals surface area contributed by atoms with Crippen molar-refractivity contribution >= 4 is 0 Å². The van der Waals surface area contributed by atoms with Crippen LogP contribution in [0.25, 0.3) is 0 Å². The maximum absolute atomic E-state index is 5.40. The Bertz CT molecular complexity index is 472. The lowest BCUT2D eigenvalue weighted by Crippen LogP contribution is -2.40. The second kappa shape index (κ2) is 6.39. The van der Waals surface area contributed by atoms with Crippen molar-refractivity contribution in [3.8, 4) is 5.75 Å². The average Bonchev–Trinajstić information content (AvgIpc) is 3.09. The molecular weight excluding hydrogens is 258 g/mol. The summed E-state index contributed by atoms with van der Waals surface area (Å²) in [7, 11) is 1.76. The molecule has 116 valence electrons. The fraction of sp³-hybridized carbons (Fsp3) is 0.684. The van der Waals surface area contributed by atoms with Crippen LogP contribution in [0, 0.1) is 17.3 Å². The van der Waals surface area contributed by atoms with Crippen LogP contribution < -0.4 is 10.1 Å². The summed E-state index contributed by atoms with van der Waals surface area (Å²) in [4.78, 5) is 0. The van der Waals surface area contributed by atoms with Crippen LogP contribution in [0.1, 0.15) is 44.6 Å². The number of methoxy groups -OCH3 is 1. The van der Waals surface area contributed by atoms with E-state index >= 15 is 0 Å². The van der Waals surface area contributed by atoms with E-state index in [9.17, 15) is 0 Å². The van der Waals surface area contributed by atoms with Gasteiger partial charge in [0.25, 0.3) is 0 Å². The highest BCUT2D eigenvalue weighted by atomic mass is 16.5. The zero-order chi connectivity index (χ0) is 14.7. The van der Waals surface area contributed by atoms with Crippen molar-refractivity contribution in [3.63, 3.8) is 0 Å². The van der Waals surface area contributed by atoms with E-state index in [1.54, 1.807) is 7.11 Å². The lowest BCUT2D eigenvalue weighted by molar-refractivity contribution is 0.156. The molecule has 0 spiro atoms. The molecule has 1 aromatic rings. The van der Waals surface area contributed by atoms with E-state index in [0.717, 1.165) is 24.1 Å². The van der Waals surface area contributed by atoms with Gasteiger partial charge in [-0.3, -0.25) is 0 Å². The third kappa shape index (κ3) is 3.11. The number of hydrogen-bond donors (Lipinski definition) is 1. The van der Waals surface area contributed by atoms with Gasteiger partial charge in [0, 0.05) is 6.54 Å². The summed E-state index contributed by atoms with van der Waals surface area (Å²) in [6.07, 6.45) is 8.25. The second-order valence-corrected chi connectivity index (χ2v) is 7.15. The van der Waals surface area contributed by atoms with Crippen molar-refractivity contribution in [2.75, 3.05) is 20.2 Å². The highest BCUT2D eigenvalue weighted by Crippen LogP contribution is 2.57. The molecule has 0 radical (unpaired) electrons. The molecule has 1 aromatic carbocycles. The second-order valence-electron chi connectivity index (χ2n) is 7.15. The topological polar surface area (TPSA) is 21.3 Å². The first-order valence-electron chi connectivity index (χ1n) is 8.59. The number of ether oxygens (including phenoxy) is 1. The van der Waals surface area contributed by atoms with Crippen LogP contribution >= 0.6 is 0 Å². The highest BCUT2D eigenvalue weighted by molar-refractivity contribution is 5.29. The van der Waals surface area contributed by atoms with Crippen LogP contribution in [0.4, 0.5) is 0 Å². The van der Waals surface area contributed by atoms with Gasteiger partial charge in [-0.25, -0.2) is 0 Å². The molecule has 0 amide bonds. The van der Waals surface area contributed by atoms with E-state index < -0.39 is 0 Å². The van der Waals surface area contributed by atoms with E-state index in [1.165, 1.54) is 50.6 Å². The molecule has 2 nitrogen and oxygen atoms in total. The molecule has 3 atom stereocenters. The number of nitrogens with one attached hydrogen (secondary N) is 1. The Balaban J connectivity index is 1.75. The molecular formula is C19H29NO. The Morgan fingerprint density at radius 1 is 1.33 bits per heavy atom. The summed E-state index contributed by atoms with van der Waals surface area (Å²) >= 11 is 0. The predicted octanol–water partition coefficient (Wildman–Crippen LogP) is 4.04. The normalized spacial score (nSPS) is 30.8. The van der Waals surface area contributed by atoms with Crippen molar-refractivity contribution in [1.29, 1.82) is 0 Å². The van der Waals surface area contributed by atoms with Crippen LogP contribution in [0.2, 0.25) is 0 Å². The minimum Gasteiger partial charge on any atom is -0.497 e. The van der Waals surface area contributed by atoms with Crippen LogP contribution in [-0.4, -0.2) is 20.2 Å². The summed E-state index contributed by atoms with van der Waals surface area (Å²) in [6, 6.07) is 8.69. The van der Waals surface area contributed by atoms with Crippen molar-refractivity contribution in [3.05, 3.63) is 29.8 Å². The Labute approximate surface area is 129 Å². The molecule has 2 fully saturated rings. The Morgan fingerprint density at radius 2 is 2.24 bits per heavy atom. The van der Waals surface area contributed by atoms with Gasteiger partial charge in [0.05, 0.1) is 7.11 Å². The fourth-order valence-electron chi connectivity index (χ4n) is 4.76. The molecule has 0 heterocycles. The minimum absolute atomic E-state index is 0.491. The van der Waals surface area contributed by atoms with Crippen molar-refractivity contribution in [2.24, 2.45) is 17.3 Å². The number of rotatable bonds is 7. The van der Waals surface area contributed by atoms with E-state index in [-0.39, 0.29) is 0 Å². The van der Waals surface area contributed by atoms with Gasteiger partial charge in [0.2, 0.25) is 0 Å². The molecule has 0 saturated heterocycles. The molecule has 3 rings (SSSR count). The third-order valence-electron chi connectivity index (χ3n) is 5.70. The molecule has 0 aromatic heterocycles. The van der Waals surface area contributed by atoms with Crippen LogP contribution in [0.5, 0.6) is 5.75 Å². The molecule has 3 unspecified atom stereocenters. The monoisotopic (exact) mass is 287 g/mol. The van der Waals surface area contributed by atoms with Crippen LogP contribution in [-0.2, 0) is 6.42 Å². The maximum atomic E-state index is 5.40. The van der Waals surface area contributed by atoms with E-state index in [2.05, 4.69) is 30.4 Å². The van der Waals surface area contributed by atoms with Crippen molar-refractivity contribution in [2.45, 2.75) is 45.4 Å². The lowest BCUT2D eigenvalue weighted by Gasteiger charge is -2.38. The van der Waals surface area contributed by atoms with E-state index in [1.807, 2.05) is 6.07 Å². The van der Waals surface area contributed by atoms with E-state index in [4.69, 9.17) is 4.74 Å². The number of hydrogen-bond acceptors (Lipinski definition) is 2. The van der Waals surface area contributed by atoms with Gasteiger partial charge in [-0.05, 0) is 73.6 Å². The standard InChI is InChI=1S/C19H29NO/c1-3-9-20-14-19(13-16-7-8-17(19)10-16)12-15-5-4-6-18(11-15)21-2/h4-6,11,16-17,20H,3,7-10,12-14H2,1-2H3. The first kappa shape index (κ1) is 14.9. The summed E-state index contributed by atoms with van der Waals surface area (Å²) in [5, 5.41) is 3.72. The van der Waals surface area contributed by atoms with Gasteiger partial charge >= 0.3 is 0 Å². The van der Waals surface area contributed by atoms with E-state index in [0.29, 0.717) is 5.41 Å². The third-order valence-corrected chi connectivity index (χ3v) is 5.70. The zero-order valence-electron chi connectivity index (χ0n) is 13.5. The van der Waals surface area contributed by atoms with Gasteiger partial charge in [0.1, 0.15) is 5.75 Å². The maximum Gasteiger partial charge on any atom is 0.119 e. The smallest absolute Gasteiger partial charge is 0.119 e. The molecule has 2 aliphatic rings. The van der Waals surface area contributed by atoms with Crippen molar-refractivity contribution < 1.29 is 4.74 Å². The molecule has 21 heavy (non-hydrogen) atoms. The van der Waals surface area contributed by atoms with Gasteiger partial charge < -0.3 is 10.1 Å². The molecule has 2 saturated carbocycles. The van der Waals surface area contributed by atoms with Gasteiger partial charge in [0.15, 0.2) is 0 Å². The Morgan fingerprint density at radius 3 is 2.90 bits per heavy atom. The minimum atomic E-state index is 0.491. The fourth-order valence-corrected chi connectivity index (χ4v) is 4.76. The zero-order valence-corrected chi connectivity index (χ0v) is 13.5. The average molecular weight is 287 g/mol. The van der Waals surface area contributed by atoms with Crippen LogP contribution in [0.3, 0.4) is 0 Å². The summed E-state index contributed by atoms with van der Waals surface area (Å²) in [5.74, 6) is 2.91. The molecule has 1 N–H and O–H groups in total. The molecule has 2 heteroatoms. The summed E-state index contributed by atoms with van der Waals surface area (Å²) < 4.78 is 5.40. The van der Waals surface area contributed by atoms with Crippen LogP contribution in [0.15, 0.2) is 24.3 Å². The predicted molar refractivity (Wildman–Crippen MR) is 87.7 cm³/mol. The SMILES string of the molecule is CCCNCC1(Cc2cccc(OC)c2)CC2CCC1C2. The lowest BCUT2D eigenvalue weighted by atomic mass is 9.69. The first-order chi connectivity index (χ1) is 10.3. The highest BCUT2D eigenvalue weighted by Gasteiger charge is 2.50. The number of benzene rings is 1. The Kier molecular flexibility index (Phi) is 4.54.